The third-order valence-electron chi connectivity index (χ3n) is 16.8. The van der Waals surface area contributed by atoms with E-state index in [-0.39, 0.29) is 46.7 Å². The molecule has 3 saturated carbocycles. The van der Waals surface area contributed by atoms with Gasteiger partial charge in [0.1, 0.15) is 42.7 Å². The van der Waals surface area contributed by atoms with E-state index in [9.17, 15) is 46.0 Å². The summed E-state index contributed by atoms with van der Waals surface area (Å²) in [6.07, 6.45) is -4.63. The van der Waals surface area contributed by atoms with Crippen LogP contribution in [0.4, 0.5) is 0 Å². The fourth-order valence-corrected chi connectivity index (χ4v) is 13.0. The lowest BCUT2D eigenvalue weighted by molar-refractivity contribution is -0.367. The standard InChI is InChI=1S/C42H68O13/c1-21-29(47)34(55-35-32(50)31(49)30(48)24(18-43)53-35)33(51)36(52-21)54-28-11-12-38(4)25(39(28,5)19-44)10-13-40(6)26(38)9-8-22-23-16-37(2,3)14-15-42(23,20-45)27(46)17-41(22,40)7/h8-9,21,24-36,43-51H,10-20H2,1-7H3/t21-,24-,25+,26+,27-,28-,29-,30-,31+,32-,33-,34+,35+,36+,38+,39-,40+,41+,42-/m0/s1. The maximum absolute atomic E-state index is 12.0. The summed E-state index contributed by atoms with van der Waals surface area (Å²) in [5, 5.41) is 97.6. The topological polar surface area (TPSA) is 219 Å². The van der Waals surface area contributed by atoms with Gasteiger partial charge in [0.05, 0.1) is 38.1 Å². The zero-order valence-electron chi connectivity index (χ0n) is 33.7. The fourth-order valence-electron chi connectivity index (χ4n) is 13.0. The van der Waals surface area contributed by atoms with E-state index >= 15 is 0 Å². The van der Waals surface area contributed by atoms with E-state index in [4.69, 9.17) is 18.9 Å². The highest BCUT2D eigenvalue weighted by Gasteiger charge is 2.69. The Kier molecular flexibility index (Phi) is 11.0. The van der Waals surface area contributed by atoms with E-state index in [0.29, 0.717) is 12.8 Å². The van der Waals surface area contributed by atoms with E-state index in [1.165, 1.54) is 11.1 Å². The first-order chi connectivity index (χ1) is 25.7. The molecule has 5 fully saturated rings. The van der Waals surface area contributed by atoms with Gasteiger partial charge in [-0.2, -0.15) is 0 Å². The molecule has 7 aliphatic rings. The Hall–Kier alpha value is -1.04. The Morgan fingerprint density at radius 2 is 1.44 bits per heavy atom. The Morgan fingerprint density at radius 1 is 0.745 bits per heavy atom. The average molecular weight is 781 g/mol. The molecule has 0 radical (unpaired) electrons. The van der Waals surface area contributed by atoms with Crippen molar-refractivity contribution in [3.8, 4) is 0 Å². The molecule has 19 atom stereocenters. The number of aliphatic hydroxyl groups excluding tert-OH is 9. The number of hydrogen-bond donors (Lipinski definition) is 9. The van der Waals surface area contributed by atoms with Crippen LogP contribution >= 0.6 is 0 Å². The van der Waals surface area contributed by atoms with E-state index in [1.54, 1.807) is 6.92 Å². The Labute approximate surface area is 325 Å². The van der Waals surface area contributed by atoms with Crippen LogP contribution in [0.15, 0.2) is 23.3 Å². The van der Waals surface area contributed by atoms with Gasteiger partial charge in [-0.3, -0.25) is 0 Å². The van der Waals surface area contributed by atoms with E-state index in [1.807, 2.05) is 6.92 Å². The normalized spacial score (nSPS) is 54.9. The van der Waals surface area contributed by atoms with E-state index in [2.05, 4.69) is 46.8 Å². The second-order valence-electron chi connectivity index (χ2n) is 20.3. The van der Waals surface area contributed by atoms with Gasteiger partial charge in [0.25, 0.3) is 0 Å². The van der Waals surface area contributed by atoms with Crippen LogP contribution in [0.25, 0.3) is 0 Å². The molecule has 9 N–H and O–H groups in total. The highest BCUT2D eigenvalue weighted by molar-refractivity contribution is 5.47. The van der Waals surface area contributed by atoms with Crippen molar-refractivity contribution in [2.24, 2.45) is 44.3 Å². The summed E-state index contributed by atoms with van der Waals surface area (Å²) in [5.74, 6) is 0.154. The predicted molar refractivity (Wildman–Crippen MR) is 199 cm³/mol. The third kappa shape index (κ3) is 6.12. The van der Waals surface area contributed by atoms with Crippen molar-refractivity contribution in [1.82, 2.24) is 0 Å². The number of ether oxygens (including phenoxy) is 4. The first-order valence-electron chi connectivity index (χ1n) is 20.6. The highest BCUT2D eigenvalue weighted by atomic mass is 16.7. The molecule has 2 heterocycles. The van der Waals surface area contributed by atoms with Crippen LogP contribution in [0.2, 0.25) is 0 Å². The number of fused-ring (bicyclic) bond motifs is 6. The van der Waals surface area contributed by atoms with Crippen molar-refractivity contribution in [1.29, 1.82) is 0 Å². The number of rotatable bonds is 7. The summed E-state index contributed by atoms with van der Waals surface area (Å²) in [4.78, 5) is 0. The van der Waals surface area contributed by atoms with Gasteiger partial charge in [-0.25, -0.2) is 0 Å². The summed E-state index contributed by atoms with van der Waals surface area (Å²) in [7, 11) is 0. The fraction of sp³-hybridized carbons (Fsp3) is 0.905. The number of aliphatic hydroxyl groups is 9. The Morgan fingerprint density at radius 3 is 2.09 bits per heavy atom. The van der Waals surface area contributed by atoms with Crippen molar-refractivity contribution < 1.29 is 64.9 Å². The molecule has 7 rings (SSSR count). The molecule has 55 heavy (non-hydrogen) atoms. The van der Waals surface area contributed by atoms with Crippen LogP contribution in [-0.2, 0) is 18.9 Å². The highest BCUT2D eigenvalue weighted by Crippen LogP contribution is 2.74. The molecule has 13 heteroatoms. The van der Waals surface area contributed by atoms with Crippen LogP contribution in [0, 0.1) is 44.3 Å². The van der Waals surface area contributed by atoms with Gasteiger partial charge in [0.2, 0.25) is 0 Å². The van der Waals surface area contributed by atoms with Gasteiger partial charge in [-0.1, -0.05) is 59.3 Å². The first kappa shape index (κ1) is 42.1. The number of hydrogen-bond acceptors (Lipinski definition) is 13. The second-order valence-corrected chi connectivity index (χ2v) is 20.3. The molecule has 2 saturated heterocycles. The largest absolute Gasteiger partial charge is 0.396 e. The molecule has 0 amide bonds. The minimum atomic E-state index is -1.73. The lowest BCUT2D eigenvalue weighted by Crippen LogP contribution is -2.67. The van der Waals surface area contributed by atoms with Crippen LogP contribution < -0.4 is 0 Å². The minimum Gasteiger partial charge on any atom is -0.396 e. The third-order valence-corrected chi connectivity index (χ3v) is 16.8. The maximum atomic E-state index is 12.0. The first-order valence-corrected chi connectivity index (χ1v) is 20.6. The van der Waals surface area contributed by atoms with Crippen LogP contribution in [0.5, 0.6) is 0 Å². The van der Waals surface area contributed by atoms with Crippen molar-refractivity contribution in [3.63, 3.8) is 0 Å². The quantitative estimate of drug-likeness (QED) is 0.168. The molecular formula is C42H68O13. The van der Waals surface area contributed by atoms with Gasteiger partial charge >= 0.3 is 0 Å². The van der Waals surface area contributed by atoms with Gasteiger partial charge < -0.3 is 64.9 Å². The van der Waals surface area contributed by atoms with Gasteiger partial charge in [0.15, 0.2) is 12.6 Å². The zero-order chi connectivity index (χ0) is 40.3. The molecule has 5 aliphatic carbocycles. The van der Waals surface area contributed by atoms with Crippen LogP contribution in [0.1, 0.15) is 99.8 Å². The predicted octanol–water partition coefficient (Wildman–Crippen LogP) is 1.68. The summed E-state index contributed by atoms with van der Waals surface area (Å²) in [6, 6.07) is 0. The lowest BCUT2D eigenvalue weighted by atomic mass is 9.35. The molecular weight excluding hydrogens is 712 g/mol. The molecule has 0 bridgehead atoms. The van der Waals surface area contributed by atoms with Gasteiger partial charge in [-0.05, 0) is 91.9 Å². The molecule has 0 aromatic carbocycles. The zero-order valence-corrected chi connectivity index (χ0v) is 33.7. The molecule has 314 valence electrons. The molecule has 13 nitrogen and oxygen atoms in total. The summed E-state index contributed by atoms with van der Waals surface area (Å²) >= 11 is 0. The van der Waals surface area contributed by atoms with E-state index < -0.39 is 91.1 Å². The van der Waals surface area contributed by atoms with E-state index in [0.717, 1.165) is 38.5 Å². The second kappa shape index (κ2) is 14.3. The van der Waals surface area contributed by atoms with Crippen LogP contribution in [-0.4, -0.2) is 139 Å². The summed E-state index contributed by atoms with van der Waals surface area (Å²) in [6.45, 7) is 14.4. The Bertz CT molecular complexity index is 1500. The average Bonchev–Trinajstić information content (AvgIpc) is 3.13. The van der Waals surface area contributed by atoms with Crippen LogP contribution in [0.3, 0.4) is 0 Å². The minimum absolute atomic E-state index is 0.0212. The smallest absolute Gasteiger partial charge is 0.187 e. The van der Waals surface area contributed by atoms with Crippen molar-refractivity contribution >= 4 is 0 Å². The SMILES string of the molecule is C[C@@H]1O[C@H](O[C@H]2CC[C@]3(C)[C@@H](CC[C@]4(C)[C@@H]3C=CC3=C5CC(C)(C)CC[C@@]5(CO)[C@@H](O)C[C@]34C)[C@]2(C)CO)[C@@H](O)[C@H](O[C@H]2O[C@@H](CO)[C@H](O)[C@@H](O)[C@@H]2O)[C@H]1O. The molecule has 0 unspecified atom stereocenters. The summed E-state index contributed by atoms with van der Waals surface area (Å²) < 4.78 is 24.0. The van der Waals surface area contributed by atoms with Crippen molar-refractivity contribution in [2.45, 2.75) is 173 Å². The molecule has 0 aromatic rings. The Balaban J connectivity index is 1.15. The maximum Gasteiger partial charge on any atom is 0.187 e. The van der Waals surface area contributed by atoms with Gasteiger partial charge in [0, 0.05) is 16.2 Å². The van der Waals surface area contributed by atoms with Crippen molar-refractivity contribution in [2.75, 3.05) is 19.8 Å². The summed E-state index contributed by atoms with van der Waals surface area (Å²) in [5.41, 5.74) is 0.476. The van der Waals surface area contributed by atoms with Crippen molar-refractivity contribution in [3.05, 3.63) is 23.3 Å². The number of allylic oxidation sites excluding steroid dienone is 3. The molecule has 0 aromatic heterocycles. The molecule has 2 aliphatic heterocycles. The monoisotopic (exact) mass is 780 g/mol. The van der Waals surface area contributed by atoms with Gasteiger partial charge in [-0.15, -0.1) is 0 Å². The molecule has 0 spiro atoms. The lowest BCUT2D eigenvalue weighted by Gasteiger charge is -2.70.